The van der Waals surface area contributed by atoms with Crippen molar-refractivity contribution in [3.63, 3.8) is 0 Å². The molecule has 104 valence electrons. The van der Waals surface area contributed by atoms with Gasteiger partial charge in [-0.3, -0.25) is 4.68 Å². The summed E-state index contributed by atoms with van der Waals surface area (Å²) in [5.41, 5.74) is 2.64. The number of rotatable bonds is 8. The van der Waals surface area contributed by atoms with E-state index in [1.807, 2.05) is 11.7 Å². The molecule has 0 fully saturated rings. The van der Waals surface area contributed by atoms with Gasteiger partial charge in [-0.2, -0.15) is 5.10 Å². The van der Waals surface area contributed by atoms with E-state index in [0.717, 1.165) is 18.9 Å². The van der Waals surface area contributed by atoms with Crippen LogP contribution < -0.4 is 5.32 Å². The summed E-state index contributed by atoms with van der Waals surface area (Å²) in [5.74, 6) is 0.754. The first-order chi connectivity index (χ1) is 8.62. The standard InChI is InChI=1S/C15H29N3/c1-6-9-16-15(10-12(4)7-2)13-11-18(5)17-14(13)8-3/h11-12,15-16H,6-10H2,1-5H3. The highest BCUT2D eigenvalue weighted by Gasteiger charge is 2.19. The first-order valence-electron chi connectivity index (χ1n) is 7.38. The molecule has 0 bridgehead atoms. The minimum atomic E-state index is 0.462. The van der Waals surface area contributed by atoms with Crippen LogP contribution in [0.25, 0.3) is 0 Å². The highest BCUT2D eigenvalue weighted by atomic mass is 15.3. The zero-order valence-electron chi connectivity index (χ0n) is 12.7. The monoisotopic (exact) mass is 251 g/mol. The fourth-order valence-electron chi connectivity index (χ4n) is 2.33. The van der Waals surface area contributed by atoms with E-state index in [-0.39, 0.29) is 0 Å². The molecule has 18 heavy (non-hydrogen) atoms. The number of aromatic nitrogens is 2. The Morgan fingerprint density at radius 1 is 1.33 bits per heavy atom. The van der Waals surface area contributed by atoms with Gasteiger partial charge in [0.15, 0.2) is 0 Å². The SMILES string of the molecule is CCCNC(CC(C)CC)c1cn(C)nc1CC. The van der Waals surface area contributed by atoms with E-state index in [1.165, 1.54) is 30.5 Å². The molecule has 3 nitrogen and oxygen atoms in total. The van der Waals surface area contributed by atoms with E-state index in [4.69, 9.17) is 0 Å². The summed E-state index contributed by atoms with van der Waals surface area (Å²) in [6.07, 6.45) is 6.83. The quantitative estimate of drug-likeness (QED) is 0.767. The predicted octanol–water partition coefficient (Wildman–Crippen LogP) is 3.46. The van der Waals surface area contributed by atoms with Gasteiger partial charge in [-0.05, 0) is 31.7 Å². The van der Waals surface area contributed by atoms with Crippen LogP contribution in [0.15, 0.2) is 6.20 Å². The van der Waals surface area contributed by atoms with Crippen LogP contribution in [0.2, 0.25) is 0 Å². The summed E-state index contributed by atoms with van der Waals surface area (Å²) < 4.78 is 1.95. The molecule has 0 saturated carbocycles. The molecule has 0 aliphatic heterocycles. The first kappa shape index (κ1) is 15.2. The Hall–Kier alpha value is -0.830. The van der Waals surface area contributed by atoms with Gasteiger partial charge in [-0.25, -0.2) is 0 Å². The lowest BCUT2D eigenvalue weighted by atomic mass is 9.94. The van der Waals surface area contributed by atoms with Gasteiger partial charge in [0.25, 0.3) is 0 Å². The van der Waals surface area contributed by atoms with Crippen LogP contribution in [0.5, 0.6) is 0 Å². The second-order valence-corrected chi connectivity index (χ2v) is 5.31. The van der Waals surface area contributed by atoms with Gasteiger partial charge in [0.05, 0.1) is 5.69 Å². The minimum absolute atomic E-state index is 0.462. The van der Waals surface area contributed by atoms with E-state index in [1.54, 1.807) is 0 Å². The number of hydrogen-bond donors (Lipinski definition) is 1. The maximum Gasteiger partial charge on any atom is 0.0669 e. The van der Waals surface area contributed by atoms with Gasteiger partial charge in [-0.15, -0.1) is 0 Å². The normalized spacial score (nSPS) is 14.7. The topological polar surface area (TPSA) is 29.9 Å². The van der Waals surface area contributed by atoms with Crippen molar-refractivity contribution in [3.05, 3.63) is 17.5 Å². The van der Waals surface area contributed by atoms with Crippen molar-refractivity contribution in [1.29, 1.82) is 0 Å². The van der Waals surface area contributed by atoms with E-state index in [2.05, 4.69) is 44.3 Å². The van der Waals surface area contributed by atoms with Crippen LogP contribution in [-0.2, 0) is 13.5 Å². The van der Waals surface area contributed by atoms with Crippen molar-refractivity contribution in [3.8, 4) is 0 Å². The molecule has 0 aliphatic rings. The number of nitrogens with one attached hydrogen (secondary N) is 1. The summed E-state index contributed by atoms with van der Waals surface area (Å²) in [4.78, 5) is 0. The van der Waals surface area contributed by atoms with Crippen molar-refractivity contribution in [2.45, 2.75) is 59.4 Å². The van der Waals surface area contributed by atoms with Gasteiger partial charge in [0, 0.05) is 24.8 Å². The zero-order chi connectivity index (χ0) is 13.5. The summed E-state index contributed by atoms with van der Waals surface area (Å²) in [6.45, 7) is 10.1. The highest BCUT2D eigenvalue weighted by molar-refractivity contribution is 5.21. The molecule has 2 unspecified atom stereocenters. The lowest BCUT2D eigenvalue weighted by Gasteiger charge is -2.21. The Bertz CT molecular complexity index is 344. The summed E-state index contributed by atoms with van der Waals surface area (Å²) in [5, 5.41) is 8.25. The second kappa shape index (κ2) is 7.57. The molecular formula is C15H29N3. The molecule has 0 radical (unpaired) electrons. The van der Waals surface area contributed by atoms with E-state index in [9.17, 15) is 0 Å². The van der Waals surface area contributed by atoms with Crippen molar-refractivity contribution in [2.75, 3.05) is 6.54 Å². The maximum atomic E-state index is 4.57. The lowest BCUT2D eigenvalue weighted by molar-refractivity contribution is 0.401. The average Bonchev–Trinajstić information content (AvgIpc) is 2.75. The van der Waals surface area contributed by atoms with Crippen LogP contribution >= 0.6 is 0 Å². The minimum Gasteiger partial charge on any atom is -0.310 e. The van der Waals surface area contributed by atoms with Crippen molar-refractivity contribution < 1.29 is 0 Å². The molecule has 1 rings (SSSR count). The molecule has 1 heterocycles. The molecule has 0 aliphatic carbocycles. The molecule has 2 atom stereocenters. The molecule has 3 heteroatoms. The third-order valence-electron chi connectivity index (χ3n) is 3.62. The molecule has 0 aromatic carbocycles. The Morgan fingerprint density at radius 3 is 2.61 bits per heavy atom. The third kappa shape index (κ3) is 4.13. The Labute approximate surface area is 112 Å². The highest BCUT2D eigenvalue weighted by Crippen LogP contribution is 2.25. The molecular weight excluding hydrogens is 222 g/mol. The Kier molecular flexibility index (Phi) is 6.41. The average molecular weight is 251 g/mol. The van der Waals surface area contributed by atoms with Crippen LogP contribution in [0.1, 0.15) is 64.3 Å². The van der Waals surface area contributed by atoms with Gasteiger partial charge in [0.2, 0.25) is 0 Å². The third-order valence-corrected chi connectivity index (χ3v) is 3.62. The largest absolute Gasteiger partial charge is 0.310 e. The van der Waals surface area contributed by atoms with Gasteiger partial charge >= 0.3 is 0 Å². The van der Waals surface area contributed by atoms with Crippen molar-refractivity contribution in [1.82, 2.24) is 15.1 Å². The number of nitrogens with zero attached hydrogens (tertiary/aromatic N) is 2. The van der Waals surface area contributed by atoms with Crippen LogP contribution in [0.3, 0.4) is 0 Å². The Balaban J connectivity index is 2.85. The number of hydrogen-bond acceptors (Lipinski definition) is 2. The molecule has 1 N–H and O–H groups in total. The van der Waals surface area contributed by atoms with Gasteiger partial charge < -0.3 is 5.32 Å². The Morgan fingerprint density at radius 2 is 2.06 bits per heavy atom. The van der Waals surface area contributed by atoms with Crippen molar-refractivity contribution in [2.24, 2.45) is 13.0 Å². The molecule has 1 aromatic heterocycles. The van der Waals surface area contributed by atoms with Crippen molar-refractivity contribution >= 4 is 0 Å². The summed E-state index contributed by atoms with van der Waals surface area (Å²) in [6, 6.07) is 0.462. The summed E-state index contributed by atoms with van der Waals surface area (Å²) >= 11 is 0. The predicted molar refractivity (Wildman–Crippen MR) is 77.7 cm³/mol. The molecule has 0 spiro atoms. The molecule has 1 aromatic rings. The molecule has 0 saturated heterocycles. The summed E-state index contributed by atoms with van der Waals surface area (Å²) in [7, 11) is 2.02. The number of aryl methyl sites for hydroxylation is 2. The van der Waals surface area contributed by atoms with Crippen LogP contribution in [0.4, 0.5) is 0 Å². The van der Waals surface area contributed by atoms with Crippen LogP contribution in [-0.4, -0.2) is 16.3 Å². The lowest BCUT2D eigenvalue weighted by Crippen LogP contribution is -2.24. The van der Waals surface area contributed by atoms with E-state index < -0.39 is 0 Å². The maximum absolute atomic E-state index is 4.57. The smallest absolute Gasteiger partial charge is 0.0669 e. The van der Waals surface area contributed by atoms with Gasteiger partial charge in [0.1, 0.15) is 0 Å². The van der Waals surface area contributed by atoms with Gasteiger partial charge in [-0.1, -0.05) is 34.1 Å². The molecule has 0 amide bonds. The van der Waals surface area contributed by atoms with Crippen LogP contribution in [0, 0.1) is 5.92 Å². The second-order valence-electron chi connectivity index (χ2n) is 5.31. The fraction of sp³-hybridized carbons (Fsp3) is 0.800. The first-order valence-corrected chi connectivity index (χ1v) is 7.38. The van der Waals surface area contributed by atoms with E-state index >= 15 is 0 Å². The zero-order valence-corrected chi connectivity index (χ0v) is 12.7. The van der Waals surface area contributed by atoms with E-state index in [0.29, 0.717) is 6.04 Å². The fourth-order valence-corrected chi connectivity index (χ4v) is 2.33.